The number of carbonyl (C=O) groups excluding carboxylic acids is 2. The van der Waals surface area contributed by atoms with Crippen LogP contribution in [0.3, 0.4) is 0 Å². The van der Waals surface area contributed by atoms with Gasteiger partial charge in [-0.3, -0.25) is 9.59 Å². The Morgan fingerprint density at radius 3 is 2.71 bits per heavy atom. The number of unbranched alkanes of at least 4 members (excludes halogenated alkanes) is 1. The van der Waals surface area contributed by atoms with Gasteiger partial charge in [0.25, 0.3) is 11.6 Å². The van der Waals surface area contributed by atoms with E-state index in [4.69, 9.17) is 9.26 Å². The molecule has 0 unspecified atom stereocenters. The normalized spacial score (nSPS) is 10.8. The number of carbonyl (C=O) groups is 2. The molecule has 2 aromatic heterocycles. The third-order valence-electron chi connectivity index (χ3n) is 4.16. The van der Waals surface area contributed by atoms with Crippen LogP contribution in [0, 0.1) is 12.7 Å². The first kappa shape index (κ1) is 19.5. The van der Waals surface area contributed by atoms with Crippen LogP contribution in [-0.4, -0.2) is 35.2 Å². The summed E-state index contributed by atoms with van der Waals surface area (Å²) >= 11 is 0. The van der Waals surface area contributed by atoms with Crippen LogP contribution in [-0.2, 0) is 9.53 Å². The molecule has 1 N–H and O–H groups in total. The van der Waals surface area contributed by atoms with Crippen molar-refractivity contribution < 1.29 is 23.2 Å². The zero-order valence-corrected chi connectivity index (χ0v) is 15.6. The lowest BCUT2D eigenvalue weighted by atomic mass is 10.1. The van der Waals surface area contributed by atoms with E-state index >= 15 is 0 Å². The van der Waals surface area contributed by atoms with Gasteiger partial charge in [0, 0.05) is 5.56 Å². The van der Waals surface area contributed by atoms with Crippen molar-refractivity contribution in [2.45, 2.75) is 26.7 Å². The van der Waals surface area contributed by atoms with Gasteiger partial charge in [0.05, 0.1) is 28.9 Å². The predicted molar refractivity (Wildman–Crippen MR) is 100 cm³/mol. The van der Waals surface area contributed by atoms with E-state index < -0.39 is 11.9 Å². The number of hydrogen-bond acceptors (Lipinski definition) is 6. The molecule has 0 fully saturated rings. The molecule has 0 atom stereocenters. The number of aryl methyl sites for hydroxylation is 1. The molecule has 0 bridgehead atoms. The average Bonchev–Trinajstić information content (AvgIpc) is 3.07. The van der Waals surface area contributed by atoms with E-state index in [9.17, 15) is 14.0 Å². The van der Waals surface area contributed by atoms with Gasteiger partial charge in [-0.25, -0.2) is 9.37 Å². The summed E-state index contributed by atoms with van der Waals surface area (Å²) < 4.78 is 23.4. The summed E-state index contributed by atoms with van der Waals surface area (Å²) in [4.78, 5) is 28.8. The van der Waals surface area contributed by atoms with Gasteiger partial charge >= 0.3 is 5.97 Å². The van der Waals surface area contributed by atoms with Crippen molar-refractivity contribution in [2.75, 3.05) is 13.2 Å². The Morgan fingerprint density at radius 2 is 2.00 bits per heavy atom. The van der Waals surface area contributed by atoms with Gasteiger partial charge in [-0.1, -0.05) is 18.5 Å². The lowest BCUT2D eigenvalue weighted by Crippen LogP contribution is -2.31. The summed E-state index contributed by atoms with van der Waals surface area (Å²) in [6.45, 7) is 3.76. The number of pyridine rings is 1. The van der Waals surface area contributed by atoms with Gasteiger partial charge in [0.15, 0.2) is 0 Å². The molecule has 28 heavy (non-hydrogen) atoms. The first-order valence-electron chi connectivity index (χ1n) is 8.96. The number of nitrogens with zero attached hydrogens (tertiary/aromatic N) is 2. The standard InChI is InChI=1S/C20H20FN3O4/c1-3-4-9-27-17(25)11-22-19(26)15-10-16(13-5-7-14(21)8-6-13)23-20-18(15)12(2)24-28-20/h5-8,10H,3-4,9,11H2,1-2H3,(H,22,26). The van der Waals surface area contributed by atoms with Crippen molar-refractivity contribution in [1.29, 1.82) is 0 Å². The molecule has 0 aliphatic rings. The quantitative estimate of drug-likeness (QED) is 0.495. The smallest absolute Gasteiger partial charge is 0.325 e. The third kappa shape index (κ3) is 4.33. The first-order valence-corrected chi connectivity index (χ1v) is 8.96. The first-order chi connectivity index (χ1) is 13.5. The summed E-state index contributed by atoms with van der Waals surface area (Å²) in [5, 5.41) is 6.88. The van der Waals surface area contributed by atoms with Crippen LogP contribution in [0.15, 0.2) is 34.9 Å². The van der Waals surface area contributed by atoms with Crippen molar-refractivity contribution >= 4 is 23.0 Å². The van der Waals surface area contributed by atoms with E-state index in [0.717, 1.165) is 12.8 Å². The van der Waals surface area contributed by atoms with Crippen molar-refractivity contribution in [2.24, 2.45) is 0 Å². The second kappa shape index (κ2) is 8.60. The minimum atomic E-state index is -0.507. The van der Waals surface area contributed by atoms with Gasteiger partial charge in [0.2, 0.25) is 0 Å². The van der Waals surface area contributed by atoms with Crippen LogP contribution in [0.4, 0.5) is 4.39 Å². The molecule has 0 spiro atoms. The lowest BCUT2D eigenvalue weighted by Gasteiger charge is -2.08. The maximum atomic E-state index is 13.2. The van der Waals surface area contributed by atoms with Crippen LogP contribution >= 0.6 is 0 Å². The van der Waals surface area contributed by atoms with Crippen molar-refractivity contribution in [3.63, 3.8) is 0 Å². The summed E-state index contributed by atoms with van der Waals surface area (Å²) in [7, 11) is 0. The average molecular weight is 385 g/mol. The molecule has 0 radical (unpaired) electrons. The van der Waals surface area contributed by atoms with E-state index in [2.05, 4.69) is 15.5 Å². The third-order valence-corrected chi connectivity index (χ3v) is 4.16. The molecular weight excluding hydrogens is 365 g/mol. The van der Waals surface area contributed by atoms with Gasteiger partial charge in [0.1, 0.15) is 12.4 Å². The predicted octanol–water partition coefficient (Wildman–Crippen LogP) is 3.41. The molecule has 0 aliphatic carbocycles. The molecule has 2 heterocycles. The van der Waals surface area contributed by atoms with Gasteiger partial charge in [-0.15, -0.1) is 0 Å². The Labute approximate surface area is 160 Å². The van der Waals surface area contributed by atoms with Gasteiger partial charge in [-0.05, 0) is 43.7 Å². The number of ether oxygens (including phenoxy) is 1. The summed E-state index contributed by atoms with van der Waals surface area (Å²) in [6, 6.07) is 7.29. The highest BCUT2D eigenvalue weighted by Crippen LogP contribution is 2.27. The Kier molecular flexibility index (Phi) is 5.98. The summed E-state index contributed by atoms with van der Waals surface area (Å²) in [5.41, 5.74) is 2.01. The number of rotatable bonds is 7. The molecule has 7 nitrogen and oxygen atoms in total. The molecule has 0 saturated carbocycles. The lowest BCUT2D eigenvalue weighted by molar-refractivity contribution is -0.142. The number of fused-ring (bicyclic) bond motifs is 1. The second-order valence-electron chi connectivity index (χ2n) is 6.27. The van der Waals surface area contributed by atoms with Crippen LogP contribution < -0.4 is 5.32 Å². The number of hydrogen-bond donors (Lipinski definition) is 1. The zero-order chi connectivity index (χ0) is 20.1. The van der Waals surface area contributed by atoms with Crippen molar-refractivity contribution in [3.8, 4) is 11.3 Å². The topological polar surface area (TPSA) is 94.3 Å². The van der Waals surface area contributed by atoms with Crippen LogP contribution in [0.5, 0.6) is 0 Å². The van der Waals surface area contributed by atoms with Crippen molar-refractivity contribution in [3.05, 3.63) is 47.4 Å². The van der Waals surface area contributed by atoms with Crippen LogP contribution in [0.25, 0.3) is 22.4 Å². The number of nitrogens with one attached hydrogen (secondary N) is 1. The highest BCUT2D eigenvalue weighted by atomic mass is 19.1. The van der Waals surface area contributed by atoms with E-state index in [1.54, 1.807) is 25.1 Å². The highest BCUT2D eigenvalue weighted by Gasteiger charge is 2.20. The Bertz CT molecular complexity index is 999. The van der Waals surface area contributed by atoms with Crippen LogP contribution in [0.2, 0.25) is 0 Å². The minimum absolute atomic E-state index is 0.190. The number of esters is 1. The SMILES string of the molecule is CCCCOC(=O)CNC(=O)c1cc(-c2ccc(F)cc2)nc2onc(C)c12. The molecular formula is C20H20FN3O4. The molecule has 8 heteroatoms. The molecule has 1 aromatic carbocycles. The Morgan fingerprint density at radius 1 is 1.25 bits per heavy atom. The van der Waals surface area contributed by atoms with Crippen LogP contribution in [0.1, 0.15) is 35.8 Å². The summed E-state index contributed by atoms with van der Waals surface area (Å²) in [6.07, 6.45) is 1.68. The van der Waals surface area contributed by atoms with Crippen molar-refractivity contribution in [1.82, 2.24) is 15.5 Å². The zero-order valence-electron chi connectivity index (χ0n) is 15.6. The van der Waals surface area contributed by atoms with E-state index in [1.807, 2.05) is 6.92 Å². The fraction of sp³-hybridized carbons (Fsp3) is 0.300. The molecule has 3 aromatic rings. The molecule has 146 valence electrons. The maximum Gasteiger partial charge on any atom is 0.325 e. The number of benzene rings is 1. The summed E-state index contributed by atoms with van der Waals surface area (Å²) in [5.74, 6) is -1.36. The monoisotopic (exact) mass is 385 g/mol. The molecule has 1 amide bonds. The Hall–Kier alpha value is -3.29. The minimum Gasteiger partial charge on any atom is -0.464 e. The number of halogens is 1. The van der Waals surface area contributed by atoms with E-state index in [1.165, 1.54) is 12.1 Å². The second-order valence-corrected chi connectivity index (χ2v) is 6.27. The van der Waals surface area contributed by atoms with Gasteiger partial charge in [-0.2, -0.15) is 0 Å². The number of amides is 1. The van der Waals surface area contributed by atoms with Gasteiger partial charge < -0.3 is 14.6 Å². The van der Waals surface area contributed by atoms with E-state index in [-0.39, 0.29) is 23.6 Å². The highest BCUT2D eigenvalue weighted by molar-refractivity contribution is 6.07. The molecule has 3 rings (SSSR count). The number of aromatic nitrogens is 2. The fourth-order valence-electron chi connectivity index (χ4n) is 2.67. The van der Waals surface area contributed by atoms with E-state index in [0.29, 0.717) is 28.9 Å². The maximum absolute atomic E-state index is 13.2. The Balaban J connectivity index is 1.86. The molecule has 0 saturated heterocycles. The largest absolute Gasteiger partial charge is 0.464 e. The fourth-order valence-corrected chi connectivity index (χ4v) is 2.67. The molecule has 0 aliphatic heterocycles.